The van der Waals surface area contributed by atoms with Crippen molar-refractivity contribution in [1.82, 2.24) is 25.4 Å². The Hall–Kier alpha value is -2.90. The van der Waals surface area contributed by atoms with Crippen molar-refractivity contribution in [3.05, 3.63) is 47.0 Å². The summed E-state index contributed by atoms with van der Waals surface area (Å²) in [5.74, 6) is 0.733. The molecular formula is C17H21N5O3. The molecule has 2 aromatic rings. The predicted molar refractivity (Wildman–Crippen MR) is 90.3 cm³/mol. The minimum atomic E-state index is -0.961. The van der Waals surface area contributed by atoms with Gasteiger partial charge in [-0.2, -0.15) is 5.10 Å². The quantitative estimate of drug-likeness (QED) is 0.785. The molecule has 132 valence electrons. The maximum atomic E-state index is 12.4. The van der Waals surface area contributed by atoms with Crippen LogP contribution < -0.4 is 5.32 Å². The zero-order valence-corrected chi connectivity index (χ0v) is 14.0. The van der Waals surface area contributed by atoms with Gasteiger partial charge in [-0.3, -0.25) is 5.10 Å². The van der Waals surface area contributed by atoms with Gasteiger partial charge in [0.15, 0.2) is 5.82 Å². The minimum Gasteiger partial charge on any atom is -0.478 e. The summed E-state index contributed by atoms with van der Waals surface area (Å²) >= 11 is 0. The van der Waals surface area contributed by atoms with Gasteiger partial charge in [-0.25, -0.2) is 14.6 Å². The summed E-state index contributed by atoms with van der Waals surface area (Å²) in [6.45, 7) is 3.53. The average Bonchev–Trinajstić information content (AvgIpc) is 3.06. The van der Waals surface area contributed by atoms with Crippen molar-refractivity contribution in [1.29, 1.82) is 0 Å². The molecule has 1 aromatic heterocycles. The van der Waals surface area contributed by atoms with Crippen LogP contribution in [0.25, 0.3) is 0 Å². The summed E-state index contributed by atoms with van der Waals surface area (Å²) in [5, 5.41) is 18.8. The molecule has 3 N–H and O–H groups in total. The number of aryl methyl sites for hydroxylation is 1. The number of carbonyl (C=O) groups is 2. The van der Waals surface area contributed by atoms with Crippen molar-refractivity contribution in [3.63, 3.8) is 0 Å². The van der Waals surface area contributed by atoms with Crippen molar-refractivity contribution in [3.8, 4) is 0 Å². The first kappa shape index (κ1) is 16.9. The molecule has 3 rings (SSSR count). The number of aromatic carboxylic acids is 1. The highest BCUT2D eigenvalue weighted by Gasteiger charge is 2.27. The van der Waals surface area contributed by atoms with Crippen LogP contribution in [0.2, 0.25) is 0 Å². The zero-order valence-electron chi connectivity index (χ0n) is 14.0. The lowest BCUT2D eigenvalue weighted by Gasteiger charge is -2.31. The lowest BCUT2D eigenvalue weighted by atomic mass is 9.98. The van der Waals surface area contributed by atoms with Gasteiger partial charge in [-0.15, -0.1) is 0 Å². The number of amides is 2. The van der Waals surface area contributed by atoms with Crippen LogP contribution in [0.15, 0.2) is 24.3 Å². The van der Waals surface area contributed by atoms with Crippen LogP contribution in [-0.2, 0) is 6.54 Å². The molecule has 1 atom stereocenters. The number of piperidine rings is 1. The Morgan fingerprint density at radius 3 is 2.76 bits per heavy atom. The summed E-state index contributed by atoms with van der Waals surface area (Å²) in [7, 11) is 0. The summed E-state index contributed by atoms with van der Waals surface area (Å²) in [6, 6.07) is 6.36. The molecule has 0 saturated carbocycles. The molecule has 1 saturated heterocycles. The van der Waals surface area contributed by atoms with Crippen molar-refractivity contribution in [2.24, 2.45) is 0 Å². The average molecular weight is 343 g/mol. The van der Waals surface area contributed by atoms with Crippen LogP contribution in [0.1, 0.15) is 46.3 Å². The molecule has 0 aliphatic carbocycles. The molecular weight excluding hydrogens is 322 g/mol. The Balaban J connectivity index is 1.54. The summed E-state index contributed by atoms with van der Waals surface area (Å²) < 4.78 is 0. The van der Waals surface area contributed by atoms with Crippen LogP contribution in [0.5, 0.6) is 0 Å². The van der Waals surface area contributed by atoms with Crippen molar-refractivity contribution in [2.75, 3.05) is 13.1 Å². The Bertz CT molecular complexity index is 756. The van der Waals surface area contributed by atoms with Crippen LogP contribution in [-0.4, -0.2) is 50.3 Å². The highest BCUT2D eigenvalue weighted by atomic mass is 16.4. The number of nitrogens with zero attached hydrogens (tertiary/aromatic N) is 3. The van der Waals surface area contributed by atoms with Gasteiger partial charge in [0.05, 0.1) is 5.56 Å². The number of carbonyl (C=O) groups excluding carboxylic acids is 1. The van der Waals surface area contributed by atoms with E-state index in [9.17, 15) is 9.59 Å². The van der Waals surface area contributed by atoms with E-state index >= 15 is 0 Å². The molecule has 2 amide bonds. The highest BCUT2D eigenvalue weighted by molar-refractivity contribution is 5.87. The lowest BCUT2D eigenvalue weighted by Crippen LogP contribution is -2.44. The fourth-order valence-corrected chi connectivity index (χ4v) is 2.97. The van der Waals surface area contributed by atoms with E-state index in [0.717, 1.165) is 30.1 Å². The molecule has 1 aromatic carbocycles. The first-order chi connectivity index (χ1) is 12.0. The second kappa shape index (κ2) is 7.33. The normalized spacial score (nSPS) is 17.3. The topological polar surface area (TPSA) is 111 Å². The van der Waals surface area contributed by atoms with Crippen LogP contribution in [0.4, 0.5) is 4.79 Å². The Labute approximate surface area is 145 Å². The van der Waals surface area contributed by atoms with Gasteiger partial charge in [0, 0.05) is 25.6 Å². The van der Waals surface area contributed by atoms with Gasteiger partial charge in [-0.1, -0.05) is 12.1 Å². The molecule has 25 heavy (non-hydrogen) atoms. The maximum absolute atomic E-state index is 12.4. The van der Waals surface area contributed by atoms with E-state index in [-0.39, 0.29) is 17.5 Å². The van der Waals surface area contributed by atoms with E-state index in [2.05, 4.69) is 20.5 Å². The van der Waals surface area contributed by atoms with Gasteiger partial charge in [0.25, 0.3) is 0 Å². The number of nitrogens with one attached hydrogen (secondary N) is 2. The highest BCUT2D eigenvalue weighted by Crippen LogP contribution is 2.24. The molecule has 1 fully saturated rings. The van der Waals surface area contributed by atoms with Crippen molar-refractivity contribution in [2.45, 2.75) is 32.2 Å². The summed E-state index contributed by atoms with van der Waals surface area (Å²) in [5.41, 5.74) is 1.09. The standard InChI is InChI=1S/C17H21N5O3/c1-11-19-15(21-20-11)14-3-2-8-22(10-14)17(25)18-9-12-4-6-13(7-5-12)16(23)24/h4-7,14H,2-3,8-10H2,1H3,(H,18,25)(H,23,24)(H,19,20,21). The number of hydrogen-bond donors (Lipinski definition) is 3. The molecule has 1 unspecified atom stereocenters. The summed E-state index contributed by atoms with van der Waals surface area (Å²) in [4.78, 5) is 29.4. The lowest BCUT2D eigenvalue weighted by molar-refractivity contribution is 0.0697. The van der Waals surface area contributed by atoms with Crippen molar-refractivity contribution >= 4 is 12.0 Å². The van der Waals surface area contributed by atoms with Gasteiger partial charge in [0.2, 0.25) is 0 Å². The van der Waals surface area contributed by atoms with E-state index in [4.69, 9.17) is 5.11 Å². The molecule has 1 aliphatic rings. The van der Waals surface area contributed by atoms with Crippen LogP contribution in [0, 0.1) is 6.92 Å². The van der Waals surface area contributed by atoms with Gasteiger partial charge >= 0.3 is 12.0 Å². The number of aromatic amines is 1. The van der Waals surface area contributed by atoms with E-state index in [0.29, 0.717) is 19.6 Å². The Morgan fingerprint density at radius 2 is 2.12 bits per heavy atom. The smallest absolute Gasteiger partial charge is 0.335 e. The number of aromatic nitrogens is 3. The third-order valence-corrected chi connectivity index (χ3v) is 4.33. The van der Waals surface area contributed by atoms with Gasteiger partial charge in [0.1, 0.15) is 5.82 Å². The fraction of sp³-hybridized carbons (Fsp3) is 0.412. The van der Waals surface area contributed by atoms with Gasteiger partial charge in [-0.05, 0) is 37.5 Å². The van der Waals surface area contributed by atoms with E-state index in [1.54, 1.807) is 17.0 Å². The monoisotopic (exact) mass is 343 g/mol. The van der Waals surface area contributed by atoms with Crippen LogP contribution >= 0.6 is 0 Å². The molecule has 0 radical (unpaired) electrons. The molecule has 0 spiro atoms. The third kappa shape index (κ3) is 4.14. The molecule has 0 bridgehead atoms. The van der Waals surface area contributed by atoms with E-state index in [1.165, 1.54) is 12.1 Å². The predicted octanol–water partition coefficient (Wildman–Crippen LogP) is 1.90. The van der Waals surface area contributed by atoms with Crippen molar-refractivity contribution < 1.29 is 14.7 Å². The number of hydrogen-bond acceptors (Lipinski definition) is 4. The number of rotatable bonds is 4. The number of carboxylic acids is 1. The first-order valence-electron chi connectivity index (χ1n) is 8.27. The SMILES string of the molecule is Cc1nc(C2CCCN(C(=O)NCc3ccc(C(=O)O)cc3)C2)n[nH]1. The Kier molecular flexibility index (Phi) is 4.97. The third-order valence-electron chi connectivity index (χ3n) is 4.33. The Morgan fingerprint density at radius 1 is 1.36 bits per heavy atom. The fourth-order valence-electron chi connectivity index (χ4n) is 2.97. The number of carboxylic acid groups (broad SMARTS) is 1. The molecule has 2 heterocycles. The zero-order chi connectivity index (χ0) is 17.8. The van der Waals surface area contributed by atoms with E-state index < -0.39 is 5.97 Å². The second-order valence-electron chi connectivity index (χ2n) is 6.22. The molecule has 8 heteroatoms. The van der Waals surface area contributed by atoms with E-state index in [1.807, 2.05) is 6.92 Å². The van der Waals surface area contributed by atoms with Gasteiger partial charge < -0.3 is 15.3 Å². The summed E-state index contributed by atoms with van der Waals surface area (Å²) in [6.07, 6.45) is 1.89. The van der Waals surface area contributed by atoms with Crippen LogP contribution in [0.3, 0.4) is 0 Å². The number of urea groups is 1. The minimum absolute atomic E-state index is 0.126. The number of benzene rings is 1. The number of H-pyrrole nitrogens is 1. The second-order valence-corrected chi connectivity index (χ2v) is 6.22. The number of likely N-dealkylation sites (tertiary alicyclic amines) is 1. The largest absolute Gasteiger partial charge is 0.478 e. The first-order valence-corrected chi connectivity index (χ1v) is 8.27. The molecule has 8 nitrogen and oxygen atoms in total. The molecule has 1 aliphatic heterocycles. The maximum Gasteiger partial charge on any atom is 0.335 e.